The lowest BCUT2D eigenvalue weighted by Gasteiger charge is -2.06. The van der Waals surface area contributed by atoms with Crippen LogP contribution in [0.1, 0.15) is 0 Å². The van der Waals surface area contributed by atoms with Crippen molar-refractivity contribution >= 4 is 47.9 Å². The zero-order valence-corrected chi connectivity index (χ0v) is 9.12. The SMILES string of the molecule is Cl[Si](Cl)(Br)c1ccccc1. The molecule has 1 aromatic rings. The normalized spacial score (nSPS) is 11.5. The molecule has 0 atom stereocenters. The molecule has 0 radical (unpaired) electrons. The molecule has 0 aliphatic rings. The molecule has 0 saturated carbocycles. The summed E-state index contributed by atoms with van der Waals surface area (Å²) in [5.41, 5.74) is 0. The van der Waals surface area contributed by atoms with Crippen LogP contribution < -0.4 is 5.19 Å². The van der Waals surface area contributed by atoms with Gasteiger partial charge in [0, 0.05) is 0 Å². The molecule has 10 heavy (non-hydrogen) atoms. The van der Waals surface area contributed by atoms with E-state index in [0.29, 0.717) is 0 Å². The minimum absolute atomic E-state index is 0.985. The van der Waals surface area contributed by atoms with E-state index in [-0.39, 0.29) is 0 Å². The lowest BCUT2D eigenvalue weighted by Crippen LogP contribution is -2.28. The van der Waals surface area contributed by atoms with E-state index in [2.05, 4.69) is 15.3 Å². The summed E-state index contributed by atoms with van der Waals surface area (Å²) in [6.07, 6.45) is 0. The molecule has 54 valence electrons. The van der Waals surface area contributed by atoms with E-state index >= 15 is 0 Å². The molecule has 0 saturated heterocycles. The molecule has 0 heterocycles. The number of benzene rings is 1. The van der Waals surface area contributed by atoms with Crippen molar-refractivity contribution in [2.45, 2.75) is 0 Å². The van der Waals surface area contributed by atoms with E-state index in [1.807, 2.05) is 30.3 Å². The van der Waals surface area contributed by atoms with Crippen LogP contribution in [-0.2, 0) is 0 Å². The van der Waals surface area contributed by atoms with Gasteiger partial charge in [0.25, 0.3) is 0 Å². The Balaban J connectivity index is 2.97. The van der Waals surface area contributed by atoms with Gasteiger partial charge in [-0.2, -0.15) is 0 Å². The average molecular weight is 256 g/mol. The van der Waals surface area contributed by atoms with E-state index in [0.717, 1.165) is 5.19 Å². The number of hydrogen-bond donors (Lipinski definition) is 0. The Morgan fingerprint density at radius 2 is 1.60 bits per heavy atom. The summed E-state index contributed by atoms with van der Waals surface area (Å²) in [7, 11) is 0. The zero-order chi connectivity index (χ0) is 7.61. The summed E-state index contributed by atoms with van der Waals surface area (Å²) < 4.78 is 0. The molecule has 0 unspecified atom stereocenters. The van der Waals surface area contributed by atoms with E-state index in [4.69, 9.17) is 22.2 Å². The topological polar surface area (TPSA) is 0 Å². The first-order valence-electron chi connectivity index (χ1n) is 2.73. The molecule has 0 fully saturated rings. The second kappa shape index (κ2) is 3.26. The quantitative estimate of drug-likeness (QED) is 0.535. The van der Waals surface area contributed by atoms with Crippen LogP contribution in [0, 0.1) is 0 Å². The van der Waals surface area contributed by atoms with E-state index in [1.165, 1.54) is 0 Å². The third kappa shape index (κ3) is 2.27. The van der Waals surface area contributed by atoms with Gasteiger partial charge < -0.3 is 0 Å². The summed E-state index contributed by atoms with van der Waals surface area (Å²) in [6.45, 7) is 0. The van der Waals surface area contributed by atoms with Gasteiger partial charge in [-0.25, -0.2) is 0 Å². The van der Waals surface area contributed by atoms with Crippen molar-refractivity contribution in [3.05, 3.63) is 30.3 Å². The maximum atomic E-state index is 5.88. The van der Waals surface area contributed by atoms with Crippen LogP contribution in [0.25, 0.3) is 0 Å². The van der Waals surface area contributed by atoms with Gasteiger partial charge in [0.1, 0.15) is 0 Å². The average Bonchev–Trinajstić information content (AvgIpc) is 1.88. The van der Waals surface area contributed by atoms with Crippen LogP contribution in [0.15, 0.2) is 30.3 Å². The summed E-state index contributed by atoms with van der Waals surface area (Å²) in [5.74, 6) is 0. The first-order valence-corrected chi connectivity index (χ1v) is 9.01. The maximum absolute atomic E-state index is 5.88. The molecule has 0 nitrogen and oxygen atoms in total. The lowest BCUT2D eigenvalue weighted by atomic mass is 10.4. The van der Waals surface area contributed by atoms with Crippen LogP contribution in [0.3, 0.4) is 0 Å². The molecule has 0 amide bonds. The van der Waals surface area contributed by atoms with Gasteiger partial charge in [-0.15, -0.1) is 22.2 Å². The van der Waals surface area contributed by atoms with E-state index in [1.54, 1.807) is 0 Å². The van der Waals surface area contributed by atoms with Crippen molar-refractivity contribution in [1.29, 1.82) is 0 Å². The Bertz CT molecular complexity index is 207. The molecule has 1 rings (SSSR count). The molecule has 0 aliphatic heterocycles. The van der Waals surface area contributed by atoms with Gasteiger partial charge in [-0.3, -0.25) is 0 Å². The second-order valence-corrected chi connectivity index (χ2v) is 13.7. The maximum Gasteiger partial charge on any atom is 0.347 e. The van der Waals surface area contributed by atoms with Gasteiger partial charge in [-0.1, -0.05) is 45.6 Å². The van der Waals surface area contributed by atoms with E-state index < -0.39 is 5.31 Å². The Morgan fingerprint density at radius 1 is 1.10 bits per heavy atom. The molecule has 0 spiro atoms. The Kier molecular flexibility index (Phi) is 2.80. The minimum atomic E-state index is -2.28. The van der Waals surface area contributed by atoms with Crippen molar-refractivity contribution in [3.63, 3.8) is 0 Å². The highest BCUT2D eigenvalue weighted by atomic mass is 79.9. The predicted octanol–water partition coefficient (Wildman–Crippen LogP) is 2.71. The predicted molar refractivity (Wildman–Crippen MR) is 52.5 cm³/mol. The number of halogens is 3. The summed E-state index contributed by atoms with van der Waals surface area (Å²) in [4.78, 5) is 0. The van der Waals surface area contributed by atoms with Gasteiger partial charge >= 0.3 is 5.31 Å². The molecule has 0 aliphatic carbocycles. The summed E-state index contributed by atoms with van der Waals surface area (Å²) in [5, 5.41) is -1.29. The molecule has 0 N–H and O–H groups in total. The van der Waals surface area contributed by atoms with Gasteiger partial charge in [0.2, 0.25) is 0 Å². The fourth-order valence-electron chi connectivity index (χ4n) is 0.627. The highest BCUT2D eigenvalue weighted by Crippen LogP contribution is 2.21. The first kappa shape index (κ1) is 8.59. The molecule has 0 bridgehead atoms. The third-order valence-corrected chi connectivity index (χ3v) is 4.77. The highest BCUT2D eigenvalue weighted by molar-refractivity contribution is 9.29. The van der Waals surface area contributed by atoms with Crippen LogP contribution in [0.5, 0.6) is 0 Å². The van der Waals surface area contributed by atoms with Crippen LogP contribution >= 0.6 is 37.5 Å². The van der Waals surface area contributed by atoms with Crippen molar-refractivity contribution in [2.24, 2.45) is 0 Å². The zero-order valence-electron chi connectivity index (χ0n) is 5.02. The fourth-order valence-corrected chi connectivity index (χ4v) is 2.75. The Morgan fingerprint density at radius 3 is 1.90 bits per heavy atom. The first-order chi connectivity index (χ1) is 4.61. The van der Waals surface area contributed by atoms with Gasteiger partial charge in [0.05, 0.1) is 0 Å². The third-order valence-electron chi connectivity index (χ3n) is 1.10. The van der Waals surface area contributed by atoms with Crippen molar-refractivity contribution < 1.29 is 0 Å². The Hall–Kier alpha value is 0.497. The molecular weight excluding hydrogens is 251 g/mol. The van der Waals surface area contributed by atoms with Crippen LogP contribution in [0.2, 0.25) is 0 Å². The van der Waals surface area contributed by atoms with Crippen molar-refractivity contribution in [3.8, 4) is 0 Å². The molecular formula is C6H5BrCl2Si. The van der Waals surface area contributed by atoms with Gasteiger partial charge in [0.15, 0.2) is 0 Å². The molecule has 1 aromatic carbocycles. The van der Waals surface area contributed by atoms with E-state index in [9.17, 15) is 0 Å². The standard InChI is InChI=1S/C6H5BrCl2Si/c7-10(8,9)6-4-2-1-3-5-6/h1-5H. The molecule has 0 aromatic heterocycles. The number of rotatable bonds is 1. The smallest absolute Gasteiger partial charge is 0.126 e. The van der Waals surface area contributed by atoms with Crippen molar-refractivity contribution in [2.75, 3.05) is 0 Å². The van der Waals surface area contributed by atoms with Crippen LogP contribution in [0.4, 0.5) is 0 Å². The highest BCUT2D eigenvalue weighted by Gasteiger charge is 2.25. The molecule has 4 heteroatoms. The van der Waals surface area contributed by atoms with Crippen molar-refractivity contribution in [1.82, 2.24) is 0 Å². The lowest BCUT2D eigenvalue weighted by molar-refractivity contribution is 1.77. The second-order valence-electron chi connectivity index (χ2n) is 1.86. The van der Waals surface area contributed by atoms with Gasteiger partial charge in [-0.05, 0) is 5.19 Å². The largest absolute Gasteiger partial charge is 0.347 e. The monoisotopic (exact) mass is 254 g/mol. The fraction of sp³-hybridized carbons (Fsp3) is 0. The minimum Gasteiger partial charge on any atom is -0.126 e. The van der Waals surface area contributed by atoms with Crippen LogP contribution in [-0.4, -0.2) is 5.31 Å². The summed E-state index contributed by atoms with van der Waals surface area (Å²) >= 11 is 15.0. The summed E-state index contributed by atoms with van der Waals surface area (Å²) in [6, 6.07) is 9.61. The number of hydrogen-bond acceptors (Lipinski definition) is 0. The Labute approximate surface area is 78.1 Å².